The van der Waals surface area contributed by atoms with Crippen molar-refractivity contribution >= 4 is 27.1 Å². The predicted octanol–water partition coefficient (Wildman–Crippen LogP) is -0.542. The number of anilines is 1. The fourth-order valence-electron chi connectivity index (χ4n) is 2.06. The zero-order valence-corrected chi connectivity index (χ0v) is 11.4. The Morgan fingerprint density at radius 1 is 1.29 bits per heavy atom. The molecule has 0 spiro atoms. The first kappa shape index (κ1) is 13.3. The number of nitrogens with one attached hydrogen (secondary N) is 2. The van der Waals surface area contributed by atoms with Gasteiger partial charge < -0.3 is 10.7 Å². The molecule has 0 aliphatic heterocycles. The number of nitrogens with zero attached hydrogens (tertiary/aromatic N) is 3. The monoisotopic (exact) mass is 305 g/mol. The molecule has 0 fully saturated rings. The van der Waals surface area contributed by atoms with Crippen LogP contribution in [0.15, 0.2) is 35.5 Å². The van der Waals surface area contributed by atoms with Crippen molar-refractivity contribution in [2.24, 2.45) is 5.14 Å². The Morgan fingerprint density at radius 3 is 2.71 bits per heavy atom. The topological polar surface area (TPSA) is 157 Å². The van der Waals surface area contributed by atoms with Crippen molar-refractivity contribution in [1.82, 2.24) is 19.5 Å². The molecule has 0 aliphatic carbocycles. The number of sulfonamides is 1. The van der Waals surface area contributed by atoms with Crippen molar-refractivity contribution in [2.45, 2.75) is 4.90 Å². The van der Waals surface area contributed by atoms with Gasteiger partial charge in [0.05, 0.1) is 12.0 Å². The van der Waals surface area contributed by atoms with E-state index in [2.05, 4.69) is 15.0 Å². The van der Waals surface area contributed by atoms with Gasteiger partial charge in [0, 0.05) is 0 Å². The number of rotatable bonds is 2. The Bertz CT molecular complexity index is 1000. The number of para-hydroxylation sites is 1. The highest BCUT2D eigenvalue weighted by Gasteiger charge is 2.18. The van der Waals surface area contributed by atoms with Crippen molar-refractivity contribution in [2.75, 3.05) is 5.73 Å². The third-order valence-electron chi connectivity index (χ3n) is 2.94. The van der Waals surface area contributed by atoms with Gasteiger partial charge in [-0.15, -0.1) is 0 Å². The highest BCUT2D eigenvalue weighted by molar-refractivity contribution is 7.89. The first-order chi connectivity index (χ1) is 9.89. The van der Waals surface area contributed by atoms with Gasteiger partial charge in [-0.25, -0.2) is 18.5 Å². The molecule has 0 atom stereocenters. The van der Waals surface area contributed by atoms with E-state index in [9.17, 15) is 8.42 Å². The average Bonchev–Trinajstić information content (AvgIpc) is 2.86. The standard InChI is InChI=1S/C11H11N7O2S/c12-9-8-10(16-5-15-8)17-11(13)18(9)6-3-1-2-4-7(6)21(14,19)20/h1-5,12H,(H2,13,17)(H,15,16)(H2,14,19,20). The summed E-state index contributed by atoms with van der Waals surface area (Å²) in [6.45, 7) is 0. The summed E-state index contributed by atoms with van der Waals surface area (Å²) in [5.41, 5.74) is 6.55. The third kappa shape index (κ3) is 2.06. The lowest BCUT2D eigenvalue weighted by atomic mass is 10.3. The van der Waals surface area contributed by atoms with Crippen LogP contribution < -0.4 is 16.4 Å². The SMILES string of the molecule is N=c1c2[nH]cnc2nc(N)n1-c1ccccc1S(N)(=O)=O. The highest BCUT2D eigenvalue weighted by atomic mass is 32.2. The summed E-state index contributed by atoms with van der Waals surface area (Å²) in [6, 6.07) is 5.99. The first-order valence-corrected chi connectivity index (χ1v) is 7.32. The fourth-order valence-corrected chi connectivity index (χ4v) is 2.78. The second-order valence-electron chi connectivity index (χ2n) is 4.27. The van der Waals surface area contributed by atoms with Gasteiger partial charge in [0.1, 0.15) is 10.4 Å². The molecular weight excluding hydrogens is 294 g/mol. The third-order valence-corrected chi connectivity index (χ3v) is 3.90. The van der Waals surface area contributed by atoms with Gasteiger partial charge in [0.15, 0.2) is 11.1 Å². The average molecular weight is 305 g/mol. The van der Waals surface area contributed by atoms with Gasteiger partial charge in [-0.05, 0) is 12.1 Å². The van der Waals surface area contributed by atoms with Crippen LogP contribution in [0.3, 0.4) is 0 Å². The molecule has 108 valence electrons. The summed E-state index contributed by atoms with van der Waals surface area (Å²) in [7, 11) is -3.97. The second kappa shape index (κ2) is 4.40. The first-order valence-electron chi connectivity index (χ1n) is 5.78. The molecular formula is C11H11N7O2S. The highest BCUT2D eigenvalue weighted by Crippen LogP contribution is 2.19. The number of aromatic nitrogens is 4. The Morgan fingerprint density at radius 2 is 2.00 bits per heavy atom. The summed E-state index contributed by atoms with van der Waals surface area (Å²) in [5.74, 6) is -0.0595. The number of fused-ring (bicyclic) bond motifs is 1. The molecule has 10 heteroatoms. The molecule has 0 bridgehead atoms. The number of nitrogen functional groups attached to an aromatic ring is 1. The van der Waals surface area contributed by atoms with Crippen LogP contribution in [0.2, 0.25) is 0 Å². The molecule has 2 heterocycles. The second-order valence-corrected chi connectivity index (χ2v) is 5.80. The number of primary sulfonamides is 1. The number of hydrogen-bond donors (Lipinski definition) is 4. The maximum absolute atomic E-state index is 11.7. The molecule has 9 nitrogen and oxygen atoms in total. The minimum absolute atomic E-state index is 0.0595. The lowest BCUT2D eigenvalue weighted by Gasteiger charge is -2.13. The lowest BCUT2D eigenvalue weighted by Crippen LogP contribution is -2.26. The molecule has 0 saturated heterocycles. The number of aromatic amines is 1. The maximum Gasteiger partial charge on any atom is 0.240 e. The van der Waals surface area contributed by atoms with Crippen LogP contribution in [0.25, 0.3) is 16.9 Å². The largest absolute Gasteiger partial charge is 0.369 e. The molecule has 0 saturated carbocycles. The van der Waals surface area contributed by atoms with Gasteiger partial charge in [0.2, 0.25) is 16.0 Å². The van der Waals surface area contributed by atoms with E-state index >= 15 is 0 Å². The van der Waals surface area contributed by atoms with E-state index in [-0.39, 0.29) is 27.7 Å². The smallest absolute Gasteiger partial charge is 0.240 e. The van der Waals surface area contributed by atoms with Crippen molar-refractivity contribution < 1.29 is 8.42 Å². The van der Waals surface area contributed by atoms with Crippen LogP contribution in [0.1, 0.15) is 0 Å². The molecule has 0 radical (unpaired) electrons. The van der Waals surface area contributed by atoms with E-state index < -0.39 is 10.0 Å². The molecule has 21 heavy (non-hydrogen) atoms. The van der Waals surface area contributed by atoms with Gasteiger partial charge in [-0.3, -0.25) is 9.98 Å². The quantitative estimate of drug-likeness (QED) is 0.500. The van der Waals surface area contributed by atoms with Crippen molar-refractivity contribution in [3.8, 4) is 5.69 Å². The normalized spacial score (nSPS) is 11.9. The van der Waals surface area contributed by atoms with E-state index in [0.29, 0.717) is 5.52 Å². The molecule has 3 aromatic rings. The predicted molar refractivity (Wildman–Crippen MR) is 74.9 cm³/mol. The molecule has 2 aromatic heterocycles. The summed E-state index contributed by atoms with van der Waals surface area (Å²) in [6.07, 6.45) is 1.38. The van der Waals surface area contributed by atoms with Gasteiger partial charge in [-0.2, -0.15) is 4.98 Å². The number of H-pyrrole nitrogens is 1. The van der Waals surface area contributed by atoms with Crippen molar-refractivity contribution in [3.63, 3.8) is 0 Å². The van der Waals surface area contributed by atoms with E-state index in [1.165, 1.54) is 29.1 Å². The van der Waals surface area contributed by atoms with Crippen molar-refractivity contribution in [1.29, 1.82) is 5.41 Å². The number of imidazole rings is 1. The number of hydrogen-bond acceptors (Lipinski definition) is 6. The van der Waals surface area contributed by atoms with Gasteiger partial charge in [0.25, 0.3) is 0 Å². The van der Waals surface area contributed by atoms with E-state index in [1.807, 2.05) is 0 Å². The molecule has 1 aromatic carbocycles. The molecule has 3 rings (SSSR count). The molecule has 0 aliphatic rings. The van der Waals surface area contributed by atoms with Crippen LogP contribution in [-0.4, -0.2) is 27.9 Å². The summed E-state index contributed by atoms with van der Waals surface area (Å²) >= 11 is 0. The zero-order valence-electron chi connectivity index (χ0n) is 10.6. The van der Waals surface area contributed by atoms with Crippen LogP contribution >= 0.6 is 0 Å². The maximum atomic E-state index is 11.7. The lowest BCUT2D eigenvalue weighted by molar-refractivity contribution is 0.597. The Kier molecular flexibility index (Phi) is 2.78. The minimum Gasteiger partial charge on any atom is -0.369 e. The summed E-state index contributed by atoms with van der Waals surface area (Å²) in [4.78, 5) is 10.6. The van der Waals surface area contributed by atoms with E-state index in [4.69, 9.17) is 16.3 Å². The van der Waals surface area contributed by atoms with Crippen LogP contribution in [0, 0.1) is 5.41 Å². The van der Waals surface area contributed by atoms with Crippen LogP contribution in [0.5, 0.6) is 0 Å². The minimum atomic E-state index is -3.97. The summed E-state index contributed by atoms with van der Waals surface area (Å²) < 4.78 is 24.6. The number of benzene rings is 1. The van der Waals surface area contributed by atoms with Crippen molar-refractivity contribution in [3.05, 3.63) is 36.1 Å². The number of nitrogens with two attached hydrogens (primary N) is 2. The van der Waals surface area contributed by atoms with Crippen LogP contribution in [-0.2, 0) is 10.0 Å². The molecule has 0 unspecified atom stereocenters. The van der Waals surface area contributed by atoms with Crippen LogP contribution in [0.4, 0.5) is 5.95 Å². The zero-order chi connectivity index (χ0) is 15.2. The van der Waals surface area contributed by atoms with E-state index in [1.54, 1.807) is 6.07 Å². The van der Waals surface area contributed by atoms with E-state index in [0.717, 1.165) is 0 Å². The van der Waals surface area contributed by atoms with Gasteiger partial charge in [-0.1, -0.05) is 12.1 Å². The Balaban J connectivity index is 2.45. The Hall–Kier alpha value is -2.72. The fraction of sp³-hybridized carbons (Fsp3) is 0. The molecule has 6 N–H and O–H groups in total. The Labute approximate surface area is 118 Å². The van der Waals surface area contributed by atoms with Gasteiger partial charge >= 0.3 is 0 Å². The molecule has 0 amide bonds. The summed E-state index contributed by atoms with van der Waals surface area (Å²) in [5, 5.41) is 13.4.